The van der Waals surface area contributed by atoms with E-state index in [9.17, 15) is 14.0 Å². The van der Waals surface area contributed by atoms with E-state index in [0.717, 1.165) is 19.4 Å². The quantitative estimate of drug-likeness (QED) is 0.850. The molecule has 3 rings (SSSR count). The first-order valence-corrected chi connectivity index (χ1v) is 8.34. The van der Waals surface area contributed by atoms with Crippen molar-refractivity contribution in [1.29, 1.82) is 0 Å². The Kier molecular flexibility index (Phi) is 5.50. The van der Waals surface area contributed by atoms with Gasteiger partial charge in [-0.2, -0.15) is 0 Å². The molecule has 1 amide bonds. The van der Waals surface area contributed by atoms with Crippen molar-refractivity contribution in [2.24, 2.45) is 5.92 Å². The lowest BCUT2D eigenvalue weighted by Crippen LogP contribution is -2.42. The SMILES string of the molecule is O=C(CN1CCC[C@@H](C(=O)c2ccc(F)cc2)C1)Nc1cccnc1. The molecule has 2 heterocycles. The molecule has 1 aromatic carbocycles. The molecule has 25 heavy (non-hydrogen) atoms. The van der Waals surface area contributed by atoms with Crippen LogP contribution in [0.1, 0.15) is 23.2 Å². The largest absolute Gasteiger partial charge is 0.324 e. The molecular weight excluding hydrogens is 321 g/mol. The minimum atomic E-state index is -0.353. The number of halogens is 1. The number of hydrogen-bond acceptors (Lipinski definition) is 4. The lowest BCUT2D eigenvalue weighted by atomic mass is 9.90. The molecule has 6 heteroatoms. The van der Waals surface area contributed by atoms with Crippen molar-refractivity contribution in [2.75, 3.05) is 25.0 Å². The summed E-state index contributed by atoms with van der Waals surface area (Å²) in [5.74, 6) is -0.625. The smallest absolute Gasteiger partial charge is 0.238 e. The summed E-state index contributed by atoms with van der Waals surface area (Å²) >= 11 is 0. The van der Waals surface area contributed by atoms with Crippen LogP contribution in [0.4, 0.5) is 10.1 Å². The summed E-state index contributed by atoms with van der Waals surface area (Å²) in [6, 6.07) is 9.18. The Morgan fingerprint density at radius 3 is 2.76 bits per heavy atom. The van der Waals surface area contributed by atoms with Crippen LogP contribution in [0.2, 0.25) is 0 Å². The number of Topliss-reactive ketones (excluding diaryl/α,β-unsaturated/α-hetero) is 1. The van der Waals surface area contributed by atoms with E-state index < -0.39 is 0 Å². The fourth-order valence-electron chi connectivity index (χ4n) is 3.10. The normalized spacial score (nSPS) is 17.9. The molecule has 1 N–H and O–H groups in total. The monoisotopic (exact) mass is 341 g/mol. The highest BCUT2D eigenvalue weighted by molar-refractivity contribution is 5.98. The maximum Gasteiger partial charge on any atom is 0.238 e. The molecule has 1 aromatic heterocycles. The van der Waals surface area contributed by atoms with Crippen LogP contribution in [0.3, 0.4) is 0 Å². The van der Waals surface area contributed by atoms with E-state index in [-0.39, 0.29) is 30.0 Å². The predicted molar refractivity (Wildman–Crippen MR) is 92.8 cm³/mol. The van der Waals surface area contributed by atoms with Crippen LogP contribution >= 0.6 is 0 Å². The lowest BCUT2D eigenvalue weighted by molar-refractivity contribution is -0.117. The number of carbonyl (C=O) groups is 2. The average molecular weight is 341 g/mol. The molecule has 0 saturated carbocycles. The molecule has 1 atom stereocenters. The number of carbonyl (C=O) groups excluding carboxylic acids is 2. The number of piperidine rings is 1. The minimum Gasteiger partial charge on any atom is -0.324 e. The molecule has 0 bridgehead atoms. The molecule has 2 aromatic rings. The molecule has 1 fully saturated rings. The number of likely N-dealkylation sites (tertiary alicyclic amines) is 1. The van der Waals surface area contributed by atoms with Gasteiger partial charge in [0.05, 0.1) is 18.4 Å². The zero-order chi connectivity index (χ0) is 17.6. The Labute approximate surface area is 145 Å². The van der Waals surface area contributed by atoms with Gasteiger partial charge in [-0.3, -0.25) is 19.5 Å². The molecular formula is C19H20FN3O2. The molecule has 1 aliphatic rings. The summed E-state index contributed by atoms with van der Waals surface area (Å²) in [4.78, 5) is 30.7. The number of nitrogens with one attached hydrogen (secondary N) is 1. The second-order valence-electron chi connectivity index (χ2n) is 6.24. The Morgan fingerprint density at radius 2 is 2.04 bits per heavy atom. The topological polar surface area (TPSA) is 62.3 Å². The summed E-state index contributed by atoms with van der Waals surface area (Å²) in [6.07, 6.45) is 4.88. The highest BCUT2D eigenvalue weighted by Crippen LogP contribution is 2.21. The Balaban J connectivity index is 1.56. The number of benzene rings is 1. The van der Waals surface area contributed by atoms with Crippen LogP contribution < -0.4 is 5.32 Å². The fraction of sp³-hybridized carbons (Fsp3) is 0.316. The van der Waals surface area contributed by atoms with Gasteiger partial charge in [0.15, 0.2) is 5.78 Å². The van der Waals surface area contributed by atoms with Crippen LogP contribution in [0.15, 0.2) is 48.8 Å². The van der Waals surface area contributed by atoms with Gasteiger partial charge in [-0.1, -0.05) is 0 Å². The Bertz CT molecular complexity index is 734. The molecule has 0 aliphatic carbocycles. The van der Waals surface area contributed by atoms with Crippen molar-refractivity contribution in [3.05, 3.63) is 60.2 Å². The van der Waals surface area contributed by atoms with Gasteiger partial charge in [-0.25, -0.2) is 4.39 Å². The van der Waals surface area contributed by atoms with Crippen LogP contribution in [-0.2, 0) is 4.79 Å². The van der Waals surface area contributed by atoms with Gasteiger partial charge < -0.3 is 5.32 Å². The molecule has 0 spiro atoms. The fourth-order valence-corrected chi connectivity index (χ4v) is 3.10. The number of amides is 1. The van der Waals surface area contributed by atoms with Crippen LogP contribution in [0.25, 0.3) is 0 Å². The molecule has 130 valence electrons. The van der Waals surface area contributed by atoms with Crippen LogP contribution in [0.5, 0.6) is 0 Å². The molecule has 5 nitrogen and oxygen atoms in total. The van der Waals surface area contributed by atoms with Gasteiger partial charge in [-0.15, -0.1) is 0 Å². The van der Waals surface area contributed by atoms with Crippen molar-refractivity contribution >= 4 is 17.4 Å². The number of rotatable bonds is 5. The highest BCUT2D eigenvalue weighted by Gasteiger charge is 2.27. The molecule has 0 unspecified atom stereocenters. The first-order valence-electron chi connectivity index (χ1n) is 8.34. The standard InChI is InChI=1S/C19H20FN3O2/c20-16-7-5-14(6-8-16)19(25)15-3-2-10-23(12-15)13-18(24)22-17-4-1-9-21-11-17/h1,4-9,11,15H,2-3,10,12-13H2,(H,22,24)/t15-/m1/s1. The predicted octanol–water partition coefficient (Wildman–Crippen LogP) is 2.75. The summed E-state index contributed by atoms with van der Waals surface area (Å²) < 4.78 is 13.0. The van der Waals surface area contributed by atoms with Crippen LogP contribution in [0, 0.1) is 11.7 Å². The lowest BCUT2D eigenvalue weighted by Gasteiger charge is -2.31. The van der Waals surface area contributed by atoms with E-state index in [2.05, 4.69) is 10.3 Å². The van der Waals surface area contributed by atoms with Crippen molar-refractivity contribution in [3.8, 4) is 0 Å². The molecule has 0 radical (unpaired) electrons. The van der Waals surface area contributed by atoms with E-state index in [4.69, 9.17) is 0 Å². The third-order valence-corrected chi connectivity index (χ3v) is 4.32. The van der Waals surface area contributed by atoms with Gasteiger partial charge >= 0.3 is 0 Å². The van der Waals surface area contributed by atoms with Gasteiger partial charge in [0, 0.05) is 24.2 Å². The summed E-state index contributed by atoms with van der Waals surface area (Å²) in [7, 11) is 0. The van der Waals surface area contributed by atoms with E-state index in [1.807, 2.05) is 4.90 Å². The van der Waals surface area contributed by atoms with Gasteiger partial charge in [-0.05, 0) is 55.8 Å². The van der Waals surface area contributed by atoms with Crippen molar-refractivity contribution in [1.82, 2.24) is 9.88 Å². The highest BCUT2D eigenvalue weighted by atomic mass is 19.1. The maximum atomic E-state index is 13.0. The van der Waals surface area contributed by atoms with Gasteiger partial charge in [0.25, 0.3) is 0 Å². The summed E-state index contributed by atoms with van der Waals surface area (Å²) in [5, 5.41) is 2.80. The van der Waals surface area contributed by atoms with E-state index in [1.165, 1.54) is 24.3 Å². The minimum absolute atomic E-state index is 0.0115. The Morgan fingerprint density at radius 1 is 1.24 bits per heavy atom. The third-order valence-electron chi connectivity index (χ3n) is 4.32. The van der Waals surface area contributed by atoms with Crippen LogP contribution in [-0.4, -0.2) is 41.2 Å². The van der Waals surface area contributed by atoms with Crippen molar-refractivity contribution < 1.29 is 14.0 Å². The zero-order valence-electron chi connectivity index (χ0n) is 13.8. The van der Waals surface area contributed by atoms with Crippen molar-refractivity contribution in [3.63, 3.8) is 0 Å². The summed E-state index contributed by atoms with van der Waals surface area (Å²) in [6.45, 7) is 1.56. The maximum absolute atomic E-state index is 13.0. The molecule has 1 saturated heterocycles. The first-order chi connectivity index (χ1) is 12.1. The first kappa shape index (κ1) is 17.2. The number of aromatic nitrogens is 1. The summed E-state index contributed by atoms with van der Waals surface area (Å²) in [5.41, 5.74) is 1.18. The number of pyridine rings is 1. The second-order valence-corrected chi connectivity index (χ2v) is 6.24. The molecule has 1 aliphatic heterocycles. The van der Waals surface area contributed by atoms with Gasteiger partial charge in [0.1, 0.15) is 5.82 Å². The number of nitrogens with zero attached hydrogens (tertiary/aromatic N) is 2. The van der Waals surface area contributed by atoms with E-state index in [0.29, 0.717) is 17.8 Å². The number of ketones is 1. The van der Waals surface area contributed by atoms with E-state index >= 15 is 0 Å². The Hall–Kier alpha value is -2.60. The van der Waals surface area contributed by atoms with Gasteiger partial charge in [0.2, 0.25) is 5.91 Å². The zero-order valence-corrected chi connectivity index (χ0v) is 13.8. The second kappa shape index (κ2) is 7.98. The number of hydrogen-bond donors (Lipinski definition) is 1. The average Bonchev–Trinajstić information content (AvgIpc) is 2.63. The number of anilines is 1. The van der Waals surface area contributed by atoms with E-state index in [1.54, 1.807) is 24.5 Å². The van der Waals surface area contributed by atoms with Crippen molar-refractivity contribution in [2.45, 2.75) is 12.8 Å². The third kappa shape index (κ3) is 4.70.